The smallest absolute Gasteiger partial charge is 0.258 e. The average Bonchev–Trinajstić information content (AvgIpc) is 2.37. The molecule has 17 heavy (non-hydrogen) atoms. The van der Waals surface area contributed by atoms with Gasteiger partial charge in [0.05, 0.1) is 21.3 Å². The third-order valence-electron chi connectivity index (χ3n) is 2.28. The standard InChI is InChI=1S/C12H17NO4/c1-5-13-12(14)11-9(16-3)6-8(15-2)7-10(11)17-4/h6-7H,5H2,1-4H3,(H,13,14). The van der Waals surface area contributed by atoms with Crippen LogP contribution in [0, 0.1) is 0 Å². The van der Waals surface area contributed by atoms with E-state index in [0.29, 0.717) is 29.4 Å². The molecule has 0 bridgehead atoms. The monoisotopic (exact) mass is 239 g/mol. The van der Waals surface area contributed by atoms with Crippen molar-refractivity contribution in [1.29, 1.82) is 0 Å². The maximum atomic E-state index is 11.9. The second-order valence-electron chi connectivity index (χ2n) is 3.27. The molecule has 0 heterocycles. The molecule has 0 saturated carbocycles. The average molecular weight is 239 g/mol. The molecule has 5 heteroatoms. The Morgan fingerprint density at radius 2 is 1.65 bits per heavy atom. The van der Waals surface area contributed by atoms with E-state index in [4.69, 9.17) is 14.2 Å². The summed E-state index contributed by atoms with van der Waals surface area (Å²) in [5, 5.41) is 2.71. The van der Waals surface area contributed by atoms with Gasteiger partial charge in [0.2, 0.25) is 0 Å². The van der Waals surface area contributed by atoms with Crippen LogP contribution in [-0.2, 0) is 0 Å². The molecule has 5 nitrogen and oxygen atoms in total. The van der Waals surface area contributed by atoms with E-state index in [0.717, 1.165) is 0 Å². The lowest BCUT2D eigenvalue weighted by Gasteiger charge is -2.14. The van der Waals surface area contributed by atoms with E-state index in [1.807, 2.05) is 6.92 Å². The fourth-order valence-electron chi connectivity index (χ4n) is 1.48. The van der Waals surface area contributed by atoms with Crippen molar-refractivity contribution in [2.75, 3.05) is 27.9 Å². The number of rotatable bonds is 5. The molecule has 0 aliphatic rings. The molecular formula is C12H17NO4. The van der Waals surface area contributed by atoms with E-state index >= 15 is 0 Å². The first-order valence-electron chi connectivity index (χ1n) is 5.26. The highest BCUT2D eigenvalue weighted by Crippen LogP contribution is 2.33. The van der Waals surface area contributed by atoms with Gasteiger partial charge < -0.3 is 19.5 Å². The number of ether oxygens (including phenoxy) is 3. The lowest BCUT2D eigenvalue weighted by Crippen LogP contribution is -2.23. The summed E-state index contributed by atoms with van der Waals surface area (Å²) >= 11 is 0. The Balaban J connectivity index is 3.29. The zero-order valence-corrected chi connectivity index (χ0v) is 10.5. The maximum Gasteiger partial charge on any atom is 0.258 e. The Hall–Kier alpha value is -1.91. The van der Waals surface area contributed by atoms with Crippen LogP contribution in [0.15, 0.2) is 12.1 Å². The highest BCUT2D eigenvalue weighted by Gasteiger charge is 2.19. The van der Waals surface area contributed by atoms with Gasteiger partial charge in [-0.05, 0) is 6.92 Å². The highest BCUT2D eigenvalue weighted by molar-refractivity contribution is 6.00. The first-order chi connectivity index (χ1) is 8.17. The number of amides is 1. The number of hydrogen-bond donors (Lipinski definition) is 1. The normalized spacial score (nSPS) is 9.65. The quantitative estimate of drug-likeness (QED) is 0.845. The van der Waals surface area contributed by atoms with Crippen LogP contribution < -0.4 is 19.5 Å². The molecular weight excluding hydrogens is 222 g/mol. The van der Waals surface area contributed by atoms with Crippen LogP contribution in [0.25, 0.3) is 0 Å². The molecule has 0 fully saturated rings. The fourth-order valence-corrected chi connectivity index (χ4v) is 1.48. The zero-order chi connectivity index (χ0) is 12.8. The summed E-state index contributed by atoms with van der Waals surface area (Å²) in [7, 11) is 4.54. The number of nitrogens with one attached hydrogen (secondary N) is 1. The van der Waals surface area contributed by atoms with Crippen molar-refractivity contribution < 1.29 is 19.0 Å². The van der Waals surface area contributed by atoms with Gasteiger partial charge in [-0.1, -0.05) is 0 Å². The molecule has 1 N–H and O–H groups in total. The first-order valence-corrected chi connectivity index (χ1v) is 5.26. The van der Waals surface area contributed by atoms with Crippen molar-refractivity contribution in [3.05, 3.63) is 17.7 Å². The van der Waals surface area contributed by atoms with Gasteiger partial charge in [-0.15, -0.1) is 0 Å². The molecule has 1 aromatic carbocycles. The summed E-state index contributed by atoms with van der Waals surface area (Å²) < 4.78 is 15.5. The van der Waals surface area contributed by atoms with Crippen LogP contribution in [0.2, 0.25) is 0 Å². The molecule has 0 spiro atoms. The number of carbonyl (C=O) groups is 1. The summed E-state index contributed by atoms with van der Waals surface area (Å²) in [6.07, 6.45) is 0. The Morgan fingerprint density at radius 1 is 1.12 bits per heavy atom. The summed E-state index contributed by atoms with van der Waals surface area (Å²) in [6.45, 7) is 2.39. The van der Waals surface area contributed by atoms with Gasteiger partial charge in [-0.3, -0.25) is 4.79 Å². The Kier molecular flexibility index (Phi) is 4.63. The third-order valence-corrected chi connectivity index (χ3v) is 2.28. The van der Waals surface area contributed by atoms with E-state index in [2.05, 4.69) is 5.32 Å². The summed E-state index contributed by atoms with van der Waals surface area (Å²) in [4.78, 5) is 11.9. The maximum absolute atomic E-state index is 11.9. The van der Waals surface area contributed by atoms with Gasteiger partial charge in [-0.25, -0.2) is 0 Å². The van der Waals surface area contributed by atoms with E-state index in [1.165, 1.54) is 14.2 Å². The van der Waals surface area contributed by atoms with E-state index in [-0.39, 0.29) is 5.91 Å². The van der Waals surface area contributed by atoms with Crippen LogP contribution >= 0.6 is 0 Å². The summed E-state index contributed by atoms with van der Waals surface area (Å²) in [5.74, 6) is 1.19. The number of methoxy groups -OCH3 is 3. The predicted octanol–water partition coefficient (Wildman–Crippen LogP) is 1.46. The zero-order valence-electron chi connectivity index (χ0n) is 10.5. The number of carbonyl (C=O) groups excluding carboxylic acids is 1. The molecule has 0 atom stereocenters. The lowest BCUT2D eigenvalue weighted by atomic mass is 10.1. The highest BCUT2D eigenvalue weighted by atomic mass is 16.5. The minimum absolute atomic E-state index is 0.233. The third kappa shape index (κ3) is 2.81. The lowest BCUT2D eigenvalue weighted by molar-refractivity contribution is 0.0949. The minimum Gasteiger partial charge on any atom is -0.496 e. The van der Waals surface area contributed by atoms with Crippen molar-refractivity contribution >= 4 is 5.91 Å². The number of hydrogen-bond acceptors (Lipinski definition) is 4. The van der Waals surface area contributed by atoms with Crippen LogP contribution in [0.3, 0.4) is 0 Å². The van der Waals surface area contributed by atoms with E-state index in [9.17, 15) is 4.79 Å². The van der Waals surface area contributed by atoms with Crippen molar-refractivity contribution in [1.82, 2.24) is 5.32 Å². The Bertz CT molecular complexity index is 378. The molecule has 1 aromatic rings. The number of benzene rings is 1. The summed E-state index contributed by atoms with van der Waals surface area (Å²) in [5.41, 5.74) is 0.373. The van der Waals surface area contributed by atoms with Gasteiger partial charge in [-0.2, -0.15) is 0 Å². The second kappa shape index (κ2) is 5.98. The van der Waals surface area contributed by atoms with Crippen LogP contribution in [-0.4, -0.2) is 33.8 Å². The van der Waals surface area contributed by atoms with E-state index in [1.54, 1.807) is 19.2 Å². The fraction of sp³-hybridized carbons (Fsp3) is 0.417. The van der Waals surface area contributed by atoms with Crippen LogP contribution in [0.5, 0.6) is 17.2 Å². The Labute approximate surface area is 101 Å². The molecule has 0 unspecified atom stereocenters. The topological polar surface area (TPSA) is 56.8 Å². The van der Waals surface area contributed by atoms with E-state index < -0.39 is 0 Å². The SMILES string of the molecule is CCNC(=O)c1c(OC)cc(OC)cc1OC. The van der Waals surface area contributed by atoms with Crippen molar-refractivity contribution in [3.63, 3.8) is 0 Å². The molecule has 0 aliphatic carbocycles. The first kappa shape index (κ1) is 13.2. The van der Waals surface area contributed by atoms with Crippen LogP contribution in [0.1, 0.15) is 17.3 Å². The summed E-state index contributed by atoms with van der Waals surface area (Å²) in [6, 6.07) is 3.29. The van der Waals surface area contributed by atoms with Gasteiger partial charge in [0.15, 0.2) is 0 Å². The molecule has 94 valence electrons. The molecule has 0 radical (unpaired) electrons. The van der Waals surface area contributed by atoms with Crippen molar-refractivity contribution in [2.45, 2.75) is 6.92 Å². The molecule has 1 rings (SSSR count). The van der Waals surface area contributed by atoms with Gasteiger partial charge in [0.25, 0.3) is 5.91 Å². The largest absolute Gasteiger partial charge is 0.496 e. The predicted molar refractivity (Wildman–Crippen MR) is 64.1 cm³/mol. The molecule has 1 amide bonds. The van der Waals surface area contributed by atoms with Gasteiger partial charge in [0.1, 0.15) is 22.8 Å². The Morgan fingerprint density at radius 3 is 2.00 bits per heavy atom. The molecule has 0 aliphatic heterocycles. The van der Waals surface area contributed by atoms with Gasteiger partial charge in [0, 0.05) is 18.7 Å². The van der Waals surface area contributed by atoms with Crippen molar-refractivity contribution in [2.24, 2.45) is 0 Å². The van der Waals surface area contributed by atoms with Gasteiger partial charge >= 0.3 is 0 Å². The second-order valence-corrected chi connectivity index (χ2v) is 3.27. The molecule has 0 saturated heterocycles. The van der Waals surface area contributed by atoms with Crippen molar-refractivity contribution in [3.8, 4) is 17.2 Å². The van der Waals surface area contributed by atoms with Crippen LogP contribution in [0.4, 0.5) is 0 Å². The minimum atomic E-state index is -0.233. The molecule has 0 aromatic heterocycles.